The molecule has 3 rings (SSSR count). The van der Waals surface area contributed by atoms with Gasteiger partial charge in [0.05, 0.1) is 12.2 Å². The van der Waals surface area contributed by atoms with E-state index in [-0.39, 0.29) is 0 Å². The number of hydrogen-bond acceptors (Lipinski definition) is 3. The number of para-hydroxylation sites is 1. The Kier molecular flexibility index (Phi) is 3.99. The highest BCUT2D eigenvalue weighted by Crippen LogP contribution is 2.34. The first kappa shape index (κ1) is 13.9. The van der Waals surface area contributed by atoms with Crippen LogP contribution in [-0.2, 0) is 0 Å². The number of fused-ring (bicyclic) bond motifs is 1. The lowest BCUT2D eigenvalue weighted by atomic mass is 9.79. The van der Waals surface area contributed by atoms with E-state index in [2.05, 4.69) is 24.4 Å². The van der Waals surface area contributed by atoms with Crippen molar-refractivity contribution in [2.75, 3.05) is 19.7 Å². The summed E-state index contributed by atoms with van der Waals surface area (Å²) < 4.78 is 5.69. The van der Waals surface area contributed by atoms with Gasteiger partial charge in [0.15, 0.2) is 0 Å². The van der Waals surface area contributed by atoms with Crippen LogP contribution in [0.2, 0.25) is 0 Å². The van der Waals surface area contributed by atoms with Crippen LogP contribution in [0.5, 0.6) is 5.75 Å². The van der Waals surface area contributed by atoms with Gasteiger partial charge >= 0.3 is 0 Å². The predicted octanol–water partition coefficient (Wildman–Crippen LogP) is 2.69. The molecule has 0 spiro atoms. The van der Waals surface area contributed by atoms with Gasteiger partial charge in [-0.1, -0.05) is 38.0 Å². The van der Waals surface area contributed by atoms with E-state index in [1.807, 2.05) is 12.1 Å². The zero-order valence-corrected chi connectivity index (χ0v) is 12.3. The van der Waals surface area contributed by atoms with Crippen LogP contribution >= 0.6 is 0 Å². The van der Waals surface area contributed by atoms with Crippen LogP contribution in [0.4, 0.5) is 0 Å². The lowest BCUT2D eigenvalue weighted by Crippen LogP contribution is -2.45. The average molecular weight is 275 g/mol. The molecule has 3 nitrogen and oxygen atoms in total. The summed E-state index contributed by atoms with van der Waals surface area (Å²) in [5.41, 5.74) is 0.792. The van der Waals surface area contributed by atoms with E-state index in [4.69, 9.17) is 4.74 Å². The number of hydrogen-bond donors (Lipinski definition) is 2. The van der Waals surface area contributed by atoms with Gasteiger partial charge in [-0.3, -0.25) is 0 Å². The fourth-order valence-electron chi connectivity index (χ4n) is 3.67. The van der Waals surface area contributed by atoms with Gasteiger partial charge in [0.25, 0.3) is 0 Å². The third-order valence-electron chi connectivity index (χ3n) is 4.71. The van der Waals surface area contributed by atoms with Crippen molar-refractivity contribution in [2.24, 2.45) is 5.92 Å². The molecule has 1 aliphatic heterocycles. The first-order valence-electron chi connectivity index (χ1n) is 7.81. The maximum Gasteiger partial charge on any atom is 0.122 e. The quantitative estimate of drug-likeness (QED) is 0.887. The van der Waals surface area contributed by atoms with E-state index in [1.165, 1.54) is 12.0 Å². The van der Waals surface area contributed by atoms with Gasteiger partial charge in [-0.2, -0.15) is 0 Å². The van der Waals surface area contributed by atoms with Gasteiger partial charge in [-0.25, -0.2) is 0 Å². The highest BCUT2D eigenvalue weighted by molar-refractivity contribution is 5.39. The number of rotatable bonds is 4. The zero-order chi connectivity index (χ0) is 14.0. The summed E-state index contributed by atoms with van der Waals surface area (Å²) in [6.07, 6.45) is 4.26. The van der Waals surface area contributed by atoms with E-state index in [1.54, 1.807) is 0 Å². The van der Waals surface area contributed by atoms with Crippen LogP contribution < -0.4 is 10.1 Å². The van der Waals surface area contributed by atoms with Crippen molar-refractivity contribution >= 4 is 0 Å². The fraction of sp³-hybridized carbons (Fsp3) is 0.647. The van der Waals surface area contributed by atoms with Crippen LogP contribution in [0.25, 0.3) is 0 Å². The Bertz CT molecular complexity index is 462. The van der Waals surface area contributed by atoms with Crippen LogP contribution in [-0.4, -0.2) is 30.4 Å². The Balaban J connectivity index is 1.51. The second-order valence-corrected chi connectivity index (χ2v) is 6.60. The van der Waals surface area contributed by atoms with Crippen molar-refractivity contribution in [2.45, 2.75) is 44.1 Å². The molecule has 2 N–H and O–H groups in total. The van der Waals surface area contributed by atoms with Crippen LogP contribution in [0.15, 0.2) is 24.3 Å². The molecular formula is C17H25NO2. The maximum atomic E-state index is 10.6. The van der Waals surface area contributed by atoms with Crippen molar-refractivity contribution in [1.82, 2.24) is 5.32 Å². The summed E-state index contributed by atoms with van der Waals surface area (Å²) in [7, 11) is 0. The first-order chi connectivity index (χ1) is 9.66. The molecule has 1 fully saturated rings. The standard InChI is InChI=1S/C17H25NO2/c1-13-5-4-8-17(19,9-13)12-18-10-14-11-20-16-7-3-2-6-15(14)16/h2-3,6-7,13-14,18-19H,4-5,8-12H2,1H3. The lowest BCUT2D eigenvalue weighted by Gasteiger charge is -2.36. The second-order valence-electron chi connectivity index (χ2n) is 6.60. The van der Waals surface area contributed by atoms with Gasteiger partial charge in [0.1, 0.15) is 5.75 Å². The molecule has 0 bridgehead atoms. The first-order valence-corrected chi connectivity index (χ1v) is 7.81. The molecule has 20 heavy (non-hydrogen) atoms. The second kappa shape index (κ2) is 5.74. The van der Waals surface area contributed by atoms with E-state index in [0.717, 1.165) is 38.2 Å². The van der Waals surface area contributed by atoms with Crippen molar-refractivity contribution < 1.29 is 9.84 Å². The Hall–Kier alpha value is -1.06. The Morgan fingerprint density at radius 1 is 1.40 bits per heavy atom. The zero-order valence-electron chi connectivity index (χ0n) is 12.3. The highest BCUT2D eigenvalue weighted by atomic mass is 16.5. The third-order valence-corrected chi connectivity index (χ3v) is 4.71. The van der Waals surface area contributed by atoms with Gasteiger partial charge < -0.3 is 15.2 Å². The molecule has 1 aliphatic carbocycles. The number of benzene rings is 1. The Morgan fingerprint density at radius 3 is 3.10 bits per heavy atom. The van der Waals surface area contributed by atoms with Crippen LogP contribution in [0.1, 0.15) is 44.1 Å². The van der Waals surface area contributed by atoms with Gasteiger partial charge in [-0.15, -0.1) is 0 Å². The van der Waals surface area contributed by atoms with E-state index in [9.17, 15) is 5.11 Å². The summed E-state index contributed by atoms with van der Waals surface area (Å²) in [5, 5.41) is 14.1. The molecule has 1 aromatic carbocycles. The largest absolute Gasteiger partial charge is 0.493 e. The number of aliphatic hydroxyl groups is 1. The minimum Gasteiger partial charge on any atom is -0.493 e. The van der Waals surface area contributed by atoms with Crippen molar-refractivity contribution in [3.8, 4) is 5.75 Å². The van der Waals surface area contributed by atoms with E-state index in [0.29, 0.717) is 18.4 Å². The average Bonchev–Trinajstić information content (AvgIpc) is 2.82. The summed E-state index contributed by atoms with van der Waals surface area (Å²) >= 11 is 0. The molecule has 0 radical (unpaired) electrons. The molecule has 0 amide bonds. The molecule has 1 saturated carbocycles. The van der Waals surface area contributed by atoms with Gasteiger partial charge in [0, 0.05) is 24.6 Å². The topological polar surface area (TPSA) is 41.5 Å². The summed E-state index contributed by atoms with van der Waals surface area (Å²) in [6.45, 7) is 4.58. The van der Waals surface area contributed by atoms with E-state index >= 15 is 0 Å². The van der Waals surface area contributed by atoms with Gasteiger partial charge in [0.2, 0.25) is 0 Å². The minimum atomic E-state index is -0.503. The van der Waals surface area contributed by atoms with Crippen molar-refractivity contribution in [3.05, 3.63) is 29.8 Å². The molecule has 1 aromatic rings. The molecule has 2 aliphatic rings. The smallest absolute Gasteiger partial charge is 0.122 e. The van der Waals surface area contributed by atoms with Crippen molar-refractivity contribution in [1.29, 1.82) is 0 Å². The van der Waals surface area contributed by atoms with E-state index < -0.39 is 5.60 Å². The Labute approximate surface area is 121 Å². The molecule has 3 heteroatoms. The fourth-order valence-corrected chi connectivity index (χ4v) is 3.67. The molecule has 3 atom stereocenters. The molecule has 110 valence electrons. The maximum absolute atomic E-state index is 10.6. The normalized spacial score (nSPS) is 32.7. The molecular weight excluding hydrogens is 250 g/mol. The predicted molar refractivity (Wildman–Crippen MR) is 80.1 cm³/mol. The monoisotopic (exact) mass is 275 g/mol. The third kappa shape index (κ3) is 2.99. The number of nitrogens with one attached hydrogen (secondary N) is 1. The molecule has 0 saturated heterocycles. The van der Waals surface area contributed by atoms with Crippen molar-refractivity contribution in [3.63, 3.8) is 0 Å². The molecule has 0 aromatic heterocycles. The van der Waals surface area contributed by atoms with Crippen LogP contribution in [0.3, 0.4) is 0 Å². The molecule has 3 unspecified atom stereocenters. The SMILES string of the molecule is CC1CCCC(O)(CNCC2COc3ccccc32)C1. The lowest BCUT2D eigenvalue weighted by molar-refractivity contribution is -0.0118. The minimum absolute atomic E-state index is 0.413. The Morgan fingerprint density at radius 2 is 2.25 bits per heavy atom. The summed E-state index contributed by atoms with van der Waals surface area (Å²) in [6, 6.07) is 8.26. The summed E-state index contributed by atoms with van der Waals surface area (Å²) in [4.78, 5) is 0. The highest BCUT2D eigenvalue weighted by Gasteiger charge is 2.32. The molecule has 1 heterocycles. The van der Waals surface area contributed by atoms with Crippen LogP contribution in [0, 0.1) is 5.92 Å². The number of ether oxygens (including phenoxy) is 1. The summed E-state index contributed by atoms with van der Waals surface area (Å²) in [5.74, 6) is 2.08. The van der Waals surface area contributed by atoms with Gasteiger partial charge in [-0.05, 0) is 24.8 Å².